The molecule has 0 saturated carbocycles. The van der Waals surface area contributed by atoms with Gasteiger partial charge < -0.3 is 20.3 Å². The lowest BCUT2D eigenvalue weighted by molar-refractivity contribution is -0.111. The van der Waals surface area contributed by atoms with E-state index in [9.17, 15) is 4.79 Å². The van der Waals surface area contributed by atoms with E-state index >= 15 is 0 Å². The molecule has 7 nitrogen and oxygen atoms in total. The number of carbonyl (C=O) groups excluding carboxylic acids is 1. The summed E-state index contributed by atoms with van der Waals surface area (Å²) in [7, 11) is 2.11. The van der Waals surface area contributed by atoms with Gasteiger partial charge >= 0.3 is 0 Å². The highest BCUT2D eigenvalue weighted by Crippen LogP contribution is 2.35. The third-order valence-corrected chi connectivity index (χ3v) is 5.72. The number of fused-ring (bicyclic) bond motifs is 1. The molecule has 31 heavy (non-hydrogen) atoms. The molecule has 8 heteroatoms. The fourth-order valence-corrected chi connectivity index (χ4v) is 3.95. The third-order valence-electron chi connectivity index (χ3n) is 5.23. The molecule has 2 aromatic carbocycles. The van der Waals surface area contributed by atoms with Gasteiger partial charge in [-0.05, 0) is 50.2 Å². The highest BCUT2D eigenvalue weighted by atomic mass is 79.9. The molecule has 0 radical (unpaired) electrons. The molecule has 0 atom stereocenters. The molecule has 4 rings (SSSR count). The van der Waals surface area contributed by atoms with Crippen molar-refractivity contribution in [1.29, 1.82) is 0 Å². The average molecular weight is 482 g/mol. The second-order valence-corrected chi connectivity index (χ2v) is 8.45. The Morgan fingerprint density at radius 3 is 2.81 bits per heavy atom. The second-order valence-electron chi connectivity index (χ2n) is 7.54. The van der Waals surface area contributed by atoms with Crippen LogP contribution >= 0.6 is 15.9 Å². The minimum absolute atomic E-state index is 0.0918. The number of likely N-dealkylation sites (tertiary alicyclic amines) is 1. The summed E-state index contributed by atoms with van der Waals surface area (Å²) in [5.74, 6) is 0.943. The normalized spacial score (nSPS) is 14.9. The zero-order valence-corrected chi connectivity index (χ0v) is 18.9. The number of anilines is 3. The summed E-state index contributed by atoms with van der Waals surface area (Å²) in [5.41, 5.74) is 2.19. The number of halogens is 1. The number of ether oxygens (including phenoxy) is 1. The first-order chi connectivity index (χ1) is 15.0. The van der Waals surface area contributed by atoms with Gasteiger partial charge in [-0.15, -0.1) is 0 Å². The number of piperidine rings is 1. The van der Waals surface area contributed by atoms with Crippen LogP contribution in [0.2, 0.25) is 0 Å². The zero-order chi connectivity index (χ0) is 21.8. The van der Waals surface area contributed by atoms with Gasteiger partial charge in [0.1, 0.15) is 24.0 Å². The summed E-state index contributed by atoms with van der Waals surface area (Å²) in [6.45, 7) is 5.52. The minimum Gasteiger partial charge on any atom is -0.488 e. The Kier molecular flexibility index (Phi) is 6.48. The predicted molar refractivity (Wildman–Crippen MR) is 127 cm³/mol. The number of carbonyl (C=O) groups is 1. The largest absolute Gasteiger partial charge is 0.488 e. The van der Waals surface area contributed by atoms with Gasteiger partial charge in [-0.1, -0.05) is 28.6 Å². The maximum atomic E-state index is 12.1. The van der Waals surface area contributed by atoms with Crippen LogP contribution in [0, 0.1) is 0 Å². The van der Waals surface area contributed by atoms with E-state index < -0.39 is 0 Å². The molecule has 160 valence electrons. The van der Waals surface area contributed by atoms with Crippen LogP contribution in [-0.2, 0) is 4.79 Å². The Labute approximate surface area is 189 Å². The quantitative estimate of drug-likeness (QED) is 0.495. The predicted octanol–water partition coefficient (Wildman–Crippen LogP) is 4.73. The van der Waals surface area contributed by atoms with Crippen LogP contribution in [0.4, 0.5) is 17.2 Å². The molecular weight excluding hydrogens is 458 g/mol. The molecule has 1 aliphatic heterocycles. The van der Waals surface area contributed by atoms with Crippen LogP contribution < -0.4 is 15.4 Å². The van der Waals surface area contributed by atoms with Crippen LogP contribution in [0.15, 0.2) is 59.9 Å². The van der Waals surface area contributed by atoms with Gasteiger partial charge in [0.15, 0.2) is 0 Å². The lowest BCUT2D eigenvalue weighted by Gasteiger charge is -2.30. The summed E-state index contributed by atoms with van der Waals surface area (Å²) >= 11 is 3.48. The number of aromatic nitrogens is 2. The third kappa shape index (κ3) is 5.21. The van der Waals surface area contributed by atoms with Crippen LogP contribution in [0.5, 0.6) is 5.75 Å². The highest BCUT2D eigenvalue weighted by Gasteiger charge is 2.21. The number of rotatable bonds is 6. The maximum Gasteiger partial charge on any atom is 0.247 e. The molecular formula is C23H24BrN5O2. The van der Waals surface area contributed by atoms with Gasteiger partial charge in [0.05, 0.1) is 11.2 Å². The van der Waals surface area contributed by atoms with Crippen LogP contribution in [0.1, 0.15) is 12.8 Å². The van der Waals surface area contributed by atoms with Gasteiger partial charge in [0.25, 0.3) is 0 Å². The standard InChI is InChI=1S/C23H24BrN5O2/c1-3-22(30)28-20-12-18-19(13-21(20)31-17-7-9-29(2)10-8-17)25-14-26-23(18)27-16-6-4-5-15(24)11-16/h3-6,11-14,17H,1,7-10H2,2H3,(H,28,30)(H,25,26,27). The fourth-order valence-electron chi connectivity index (χ4n) is 3.55. The first-order valence-electron chi connectivity index (χ1n) is 10.1. The van der Waals surface area contributed by atoms with E-state index in [1.807, 2.05) is 36.4 Å². The van der Waals surface area contributed by atoms with E-state index in [0.29, 0.717) is 17.3 Å². The average Bonchev–Trinajstić information content (AvgIpc) is 2.76. The van der Waals surface area contributed by atoms with Crippen molar-refractivity contribution in [2.45, 2.75) is 18.9 Å². The van der Waals surface area contributed by atoms with Crippen LogP contribution in [-0.4, -0.2) is 47.0 Å². The van der Waals surface area contributed by atoms with Gasteiger partial charge in [-0.25, -0.2) is 9.97 Å². The summed E-state index contributed by atoms with van der Waals surface area (Å²) in [5, 5.41) is 6.97. The van der Waals surface area contributed by atoms with Crippen LogP contribution in [0.25, 0.3) is 10.9 Å². The molecule has 1 aromatic heterocycles. The number of benzene rings is 2. The first kappa shape index (κ1) is 21.3. The summed E-state index contributed by atoms with van der Waals surface area (Å²) in [6.07, 6.45) is 4.72. The summed E-state index contributed by atoms with van der Waals surface area (Å²) < 4.78 is 7.26. The van der Waals surface area contributed by atoms with E-state index in [4.69, 9.17) is 4.74 Å². The van der Waals surface area contributed by atoms with Gasteiger partial charge in [0.2, 0.25) is 5.91 Å². The number of nitrogens with one attached hydrogen (secondary N) is 2. The first-order valence-corrected chi connectivity index (χ1v) is 10.9. The molecule has 0 spiro atoms. The molecule has 1 amide bonds. The van der Waals surface area contributed by atoms with Gasteiger partial charge in [-0.3, -0.25) is 4.79 Å². The molecule has 0 aliphatic carbocycles. The molecule has 0 bridgehead atoms. The Morgan fingerprint density at radius 1 is 1.26 bits per heavy atom. The SMILES string of the molecule is C=CC(=O)Nc1cc2c(Nc3cccc(Br)c3)ncnc2cc1OC1CCN(C)CC1. The maximum absolute atomic E-state index is 12.1. The zero-order valence-electron chi connectivity index (χ0n) is 17.3. The Morgan fingerprint density at radius 2 is 2.06 bits per heavy atom. The van der Waals surface area contributed by atoms with Crippen LogP contribution in [0.3, 0.4) is 0 Å². The van der Waals surface area contributed by atoms with Crippen molar-refractivity contribution in [3.63, 3.8) is 0 Å². The monoisotopic (exact) mass is 481 g/mol. The molecule has 1 fully saturated rings. The van der Waals surface area contributed by atoms with E-state index in [1.54, 1.807) is 0 Å². The van der Waals surface area contributed by atoms with Gasteiger partial charge in [0, 0.05) is 34.7 Å². The topological polar surface area (TPSA) is 79.4 Å². The van der Waals surface area contributed by atoms with Crippen molar-refractivity contribution >= 4 is 49.9 Å². The van der Waals surface area contributed by atoms with Gasteiger partial charge in [-0.2, -0.15) is 0 Å². The lowest BCUT2D eigenvalue weighted by atomic mass is 10.1. The molecule has 0 unspecified atom stereocenters. The Bertz CT molecular complexity index is 1110. The smallest absolute Gasteiger partial charge is 0.247 e. The van der Waals surface area contributed by atoms with E-state index in [0.717, 1.165) is 47.0 Å². The fraction of sp³-hybridized carbons (Fsp3) is 0.261. The number of amides is 1. The molecule has 1 saturated heterocycles. The lowest BCUT2D eigenvalue weighted by Crippen LogP contribution is -2.35. The number of nitrogens with zero attached hydrogens (tertiary/aromatic N) is 3. The Balaban J connectivity index is 1.70. The highest BCUT2D eigenvalue weighted by molar-refractivity contribution is 9.10. The number of hydrogen-bond acceptors (Lipinski definition) is 6. The van der Waals surface area contributed by atoms with Crippen molar-refractivity contribution in [2.75, 3.05) is 30.8 Å². The Hall–Kier alpha value is -2.97. The summed E-state index contributed by atoms with van der Waals surface area (Å²) in [6, 6.07) is 11.5. The molecule has 3 aromatic rings. The van der Waals surface area contributed by atoms with E-state index in [1.165, 1.54) is 12.4 Å². The van der Waals surface area contributed by atoms with Crippen molar-refractivity contribution in [2.24, 2.45) is 0 Å². The number of hydrogen-bond donors (Lipinski definition) is 2. The van der Waals surface area contributed by atoms with Crippen molar-refractivity contribution in [3.8, 4) is 5.75 Å². The van der Waals surface area contributed by atoms with E-state index in [2.05, 4.69) is 55.1 Å². The van der Waals surface area contributed by atoms with Crippen molar-refractivity contribution < 1.29 is 9.53 Å². The van der Waals surface area contributed by atoms with E-state index in [-0.39, 0.29) is 12.0 Å². The molecule has 2 N–H and O–H groups in total. The molecule has 2 heterocycles. The molecule has 1 aliphatic rings. The van der Waals surface area contributed by atoms with Crippen molar-refractivity contribution in [1.82, 2.24) is 14.9 Å². The van der Waals surface area contributed by atoms with Crippen molar-refractivity contribution in [3.05, 3.63) is 59.9 Å². The summed E-state index contributed by atoms with van der Waals surface area (Å²) in [4.78, 5) is 23.2. The minimum atomic E-state index is -0.300. The second kappa shape index (κ2) is 9.45.